The summed E-state index contributed by atoms with van der Waals surface area (Å²) in [6.45, 7) is 2.81. The molecule has 0 aliphatic rings. The molecule has 0 bridgehead atoms. The van der Waals surface area contributed by atoms with Gasteiger partial charge in [0.2, 0.25) is 0 Å². The van der Waals surface area contributed by atoms with E-state index in [1.54, 1.807) is 0 Å². The molecule has 4 nitrogen and oxygen atoms in total. The van der Waals surface area contributed by atoms with Crippen molar-refractivity contribution in [2.75, 3.05) is 12.4 Å². The predicted molar refractivity (Wildman–Crippen MR) is 88.3 cm³/mol. The Hall–Kier alpha value is -2.04. The maximum Gasteiger partial charge on any atom is 0.0925 e. The van der Waals surface area contributed by atoms with Gasteiger partial charge in [-0.25, -0.2) is 0 Å². The van der Waals surface area contributed by atoms with Gasteiger partial charge in [-0.05, 0) is 37.7 Å². The van der Waals surface area contributed by atoms with Crippen LogP contribution >= 0.6 is 11.6 Å². The number of H-pyrrole nitrogens is 1. The van der Waals surface area contributed by atoms with Gasteiger partial charge >= 0.3 is 0 Å². The summed E-state index contributed by atoms with van der Waals surface area (Å²) in [6.07, 6.45) is 3.81. The Labute approximate surface area is 128 Å². The van der Waals surface area contributed by atoms with Gasteiger partial charge in [0, 0.05) is 18.3 Å². The van der Waals surface area contributed by atoms with Crippen molar-refractivity contribution in [2.24, 2.45) is 0 Å². The van der Waals surface area contributed by atoms with Gasteiger partial charge in [-0.15, -0.1) is 0 Å². The molecule has 0 fully saturated rings. The minimum absolute atomic E-state index is 0.706. The Morgan fingerprint density at radius 3 is 2.90 bits per heavy atom. The number of hydrogen-bond donors (Lipinski definition) is 3. The molecular weight excluding hydrogens is 284 g/mol. The molecule has 0 saturated heterocycles. The molecule has 0 radical (unpaired) electrons. The molecule has 0 unspecified atom stereocenters. The summed E-state index contributed by atoms with van der Waals surface area (Å²) >= 11 is 6.24. The average molecular weight is 301 g/mol. The van der Waals surface area contributed by atoms with Gasteiger partial charge < -0.3 is 15.6 Å². The fourth-order valence-electron chi connectivity index (χ4n) is 2.33. The van der Waals surface area contributed by atoms with Gasteiger partial charge in [0.1, 0.15) is 0 Å². The maximum absolute atomic E-state index is 6.24. The van der Waals surface area contributed by atoms with Crippen LogP contribution in [0, 0.1) is 6.92 Å². The minimum Gasteiger partial charge on any atom is -0.359 e. The summed E-state index contributed by atoms with van der Waals surface area (Å²) in [4.78, 5) is 7.77. The van der Waals surface area contributed by atoms with Crippen molar-refractivity contribution in [1.29, 1.82) is 0 Å². The zero-order valence-corrected chi connectivity index (χ0v) is 12.8. The number of rotatable bonds is 4. The first-order valence-corrected chi connectivity index (χ1v) is 7.19. The highest BCUT2D eigenvalue weighted by atomic mass is 35.5. The zero-order valence-electron chi connectivity index (χ0n) is 12.0. The Bertz CT molecular complexity index is 779. The number of fused-ring (bicyclic) bond motifs is 1. The first-order valence-electron chi connectivity index (χ1n) is 6.81. The Morgan fingerprint density at radius 2 is 2.14 bits per heavy atom. The number of anilines is 2. The van der Waals surface area contributed by atoms with Crippen molar-refractivity contribution >= 4 is 34.0 Å². The van der Waals surface area contributed by atoms with E-state index in [-0.39, 0.29) is 0 Å². The standard InChI is InChI=1S/C16H17ClN4/c1-10-3-4-14(13(17)5-10)21-12-6-15-16(20-9-12)11(7-18-2)8-19-15/h3-6,8-9,18-19,21H,7H2,1-2H3. The van der Waals surface area contributed by atoms with Crippen LogP contribution in [0.25, 0.3) is 11.0 Å². The molecule has 3 aromatic rings. The number of pyridine rings is 1. The summed E-state index contributed by atoms with van der Waals surface area (Å²) < 4.78 is 0. The fourth-order valence-corrected chi connectivity index (χ4v) is 2.62. The normalized spacial score (nSPS) is 11.0. The summed E-state index contributed by atoms with van der Waals surface area (Å²) in [7, 11) is 1.92. The van der Waals surface area contributed by atoms with E-state index < -0.39 is 0 Å². The molecule has 5 heteroatoms. The van der Waals surface area contributed by atoms with Gasteiger partial charge in [0.15, 0.2) is 0 Å². The van der Waals surface area contributed by atoms with E-state index in [1.807, 2.05) is 50.6 Å². The first kappa shape index (κ1) is 13.9. The fraction of sp³-hybridized carbons (Fsp3) is 0.188. The quantitative estimate of drug-likeness (QED) is 0.683. The smallest absolute Gasteiger partial charge is 0.0925 e. The van der Waals surface area contributed by atoms with Gasteiger partial charge in [-0.3, -0.25) is 4.98 Å². The SMILES string of the molecule is CNCc1c[nH]c2cc(Nc3ccc(C)cc3Cl)cnc12. The summed E-state index contributed by atoms with van der Waals surface area (Å²) in [5.74, 6) is 0. The Kier molecular flexibility index (Phi) is 3.82. The molecule has 3 N–H and O–H groups in total. The molecule has 21 heavy (non-hydrogen) atoms. The van der Waals surface area contributed by atoms with Crippen molar-refractivity contribution in [1.82, 2.24) is 15.3 Å². The second-order valence-corrected chi connectivity index (χ2v) is 5.48. The van der Waals surface area contributed by atoms with Crippen LogP contribution in [-0.4, -0.2) is 17.0 Å². The lowest BCUT2D eigenvalue weighted by atomic mass is 10.2. The third-order valence-electron chi connectivity index (χ3n) is 3.36. The highest BCUT2D eigenvalue weighted by molar-refractivity contribution is 6.33. The molecule has 0 aliphatic heterocycles. The van der Waals surface area contributed by atoms with Crippen LogP contribution < -0.4 is 10.6 Å². The second-order valence-electron chi connectivity index (χ2n) is 5.07. The van der Waals surface area contributed by atoms with Gasteiger partial charge in [-0.2, -0.15) is 0 Å². The first-order chi connectivity index (χ1) is 10.2. The Morgan fingerprint density at radius 1 is 1.29 bits per heavy atom. The highest BCUT2D eigenvalue weighted by Crippen LogP contribution is 2.27. The van der Waals surface area contributed by atoms with E-state index in [1.165, 1.54) is 0 Å². The van der Waals surface area contributed by atoms with Gasteiger partial charge in [-0.1, -0.05) is 17.7 Å². The van der Waals surface area contributed by atoms with Gasteiger partial charge in [0.05, 0.1) is 33.6 Å². The van der Waals surface area contributed by atoms with E-state index in [0.717, 1.165) is 40.1 Å². The topological polar surface area (TPSA) is 52.7 Å². The summed E-state index contributed by atoms with van der Waals surface area (Å²) in [5.41, 5.74) is 6.09. The molecule has 2 aromatic heterocycles. The molecule has 0 spiro atoms. The number of aryl methyl sites for hydroxylation is 1. The number of aromatic nitrogens is 2. The minimum atomic E-state index is 0.706. The number of benzene rings is 1. The third kappa shape index (κ3) is 2.86. The van der Waals surface area contributed by atoms with E-state index in [9.17, 15) is 0 Å². The molecule has 0 saturated carbocycles. The van der Waals surface area contributed by atoms with Crippen LogP contribution in [0.15, 0.2) is 36.7 Å². The number of halogens is 1. The number of aromatic amines is 1. The van der Waals surface area contributed by atoms with Gasteiger partial charge in [0.25, 0.3) is 0 Å². The van der Waals surface area contributed by atoms with E-state index in [2.05, 4.69) is 20.6 Å². The summed E-state index contributed by atoms with van der Waals surface area (Å²) in [5, 5.41) is 7.15. The molecule has 2 heterocycles. The molecular formula is C16H17ClN4. The monoisotopic (exact) mass is 300 g/mol. The van der Waals surface area contributed by atoms with E-state index in [4.69, 9.17) is 11.6 Å². The number of hydrogen-bond acceptors (Lipinski definition) is 3. The lowest BCUT2D eigenvalue weighted by Crippen LogP contribution is -2.04. The molecule has 3 rings (SSSR count). The largest absolute Gasteiger partial charge is 0.359 e. The average Bonchev–Trinajstić information content (AvgIpc) is 2.85. The maximum atomic E-state index is 6.24. The molecule has 0 amide bonds. The second kappa shape index (κ2) is 5.76. The van der Waals surface area contributed by atoms with Crippen LogP contribution in [-0.2, 0) is 6.54 Å². The van der Waals surface area contributed by atoms with Crippen molar-refractivity contribution in [3.05, 3.63) is 52.8 Å². The van der Waals surface area contributed by atoms with Crippen LogP contribution in [0.4, 0.5) is 11.4 Å². The third-order valence-corrected chi connectivity index (χ3v) is 3.68. The number of nitrogens with zero attached hydrogens (tertiary/aromatic N) is 1. The molecule has 0 atom stereocenters. The van der Waals surface area contributed by atoms with Crippen molar-refractivity contribution < 1.29 is 0 Å². The van der Waals surface area contributed by atoms with Crippen molar-refractivity contribution in [3.8, 4) is 0 Å². The van der Waals surface area contributed by atoms with E-state index >= 15 is 0 Å². The lowest BCUT2D eigenvalue weighted by molar-refractivity contribution is 0.822. The molecule has 0 aliphatic carbocycles. The van der Waals surface area contributed by atoms with Crippen molar-refractivity contribution in [2.45, 2.75) is 13.5 Å². The zero-order chi connectivity index (χ0) is 14.8. The highest BCUT2D eigenvalue weighted by Gasteiger charge is 2.06. The molecule has 108 valence electrons. The van der Waals surface area contributed by atoms with Crippen LogP contribution in [0.5, 0.6) is 0 Å². The van der Waals surface area contributed by atoms with Crippen LogP contribution in [0.2, 0.25) is 5.02 Å². The van der Waals surface area contributed by atoms with Crippen molar-refractivity contribution in [3.63, 3.8) is 0 Å². The predicted octanol–water partition coefficient (Wildman–Crippen LogP) is 3.99. The Balaban J connectivity index is 1.91. The summed E-state index contributed by atoms with van der Waals surface area (Å²) in [6, 6.07) is 7.98. The molecule has 1 aromatic carbocycles. The van der Waals surface area contributed by atoms with E-state index in [0.29, 0.717) is 5.02 Å². The lowest BCUT2D eigenvalue weighted by Gasteiger charge is -2.09. The number of nitrogens with one attached hydrogen (secondary N) is 3. The van der Waals surface area contributed by atoms with Crippen LogP contribution in [0.1, 0.15) is 11.1 Å². The van der Waals surface area contributed by atoms with Crippen LogP contribution in [0.3, 0.4) is 0 Å².